The molecule has 0 aliphatic carbocycles. The molecule has 0 aliphatic rings. The van der Waals surface area contributed by atoms with Gasteiger partial charge in [-0.25, -0.2) is 9.78 Å². The van der Waals surface area contributed by atoms with Crippen molar-refractivity contribution < 1.29 is 19.1 Å². The lowest BCUT2D eigenvalue weighted by atomic mass is 10.2. The molecule has 1 amide bonds. The molecule has 1 aromatic carbocycles. The largest absolute Gasteiger partial charge is 0.497 e. The Bertz CT molecular complexity index is 917. The van der Waals surface area contributed by atoms with Crippen molar-refractivity contribution >= 4 is 53.1 Å². The zero-order valence-electron chi connectivity index (χ0n) is 18.9. The summed E-state index contributed by atoms with van der Waals surface area (Å²) in [5.74, 6) is 0.750. The Hall–Kier alpha value is -2.41. The number of hydrogen-bond acceptors (Lipinski definition) is 7. The second kappa shape index (κ2) is 13.9. The highest BCUT2D eigenvalue weighted by Gasteiger charge is 2.20. The first-order valence-electron chi connectivity index (χ1n) is 9.93. The van der Waals surface area contributed by atoms with Gasteiger partial charge in [-0.3, -0.25) is 9.79 Å². The maximum atomic E-state index is 12.2. The molecule has 1 atom stereocenters. The molecule has 2 rings (SSSR count). The number of carbonyl (C=O) groups excluding carboxylic acids is 2. The lowest BCUT2D eigenvalue weighted by molar-refractivity contribution is 0.0531. The monoisotopic (exact) mass is 575 g/mol. The van der Waals surface area contributed by atoms with Gasteiger partial charge in [-0.05, 0) is 45.0 Å². The highest BCUT2D eigenvalue weighted by Crippen LogP contribution is 2.24. The minimum Gasteiger partial charge on any atom is -0.497 e. The molecule has 176 valence electrons. The van der Waals surface area contributed by atoms with Crippen LogP contribution in [0.2, 0.25) is 0 Å². The number of ether oxygens (including phenoxy) is 2. The fourth-order valence-electron chi connectivity index (χ4n) is 2.65. The summed E-state index contributed by atoms with van der Waals surface area (Å²) in [6.07, 6.45) is 0. The van der Waals surface area contributed by atoms with Gasteiger partial charge in [-0.2, -0.15) is 0 Å². The third-order valence-electron chi connectivity index (χ3n) is 4.28. The molecule has 0 fully saturated rings. The summed E-state index contributed by atoms with van der Waals surface area (Å²) in [6.45, 7) is 6.73. The standard InChI is InChI=1S/C21H29N5O4S.HI/c1-6-30-20(28)17-13(2)25-19(31-17)14(3)26-21(22-4)24-12-11-23-18(27)15-7-9-16(29-5)10-8-15;/h7-10,14H,6,11-12H2,1-5H3,(H,23,27)(H2,22,24,26);1H. The SMILES string of the molecule is CCOC(=O)c1sc(C(C)NC(=NC)NCCNC(=O)c2ccc(OC)cc2)nc1C.I. The Morgan fingerprint density at radius 3 is 2.44 bits per heavy atom. The number of carbonyl (C=O) groups is 2. The van der Waals surface area contributed by atoms with Crippen LogP contribution in [0.4, 0.5) is 0 Å². The van der Waals surface area contributed by atoms with E-state index in [-0.39, 0.29) is 41.9 Å². The van der Waals surface area contributed by atoms with Gasteiger partial charge in [0.15, 0.2) is 5.96 Å². The molecule has 32 heavy (non-hydrogen) atoms. The van der Waals surface area contributed by atoms with Crippen LogP contribution in [0, 0.1) is 6.92 Å². The molecule has 3 N–H and O–H groups in total. The van der Waals surface area contributed by atoms with Crippen LogP contribution in [0.3, 0.4) is 0 Å². The Morgan fingerprint density at radius 1 is 1.19 bits per heavy atom. The summed E-state index contributed by atoms with van der Waals surface area (Å²) < 4.78 is 10.2. The summed E-state index contributed by atoms with van der Waals surface area (Å²) in [4.78, 5) is 33.4. The number of nitrogens with one attached hydrogen (secondary N) is 3. The molecule has 0 radical (unpaired) electrons. The molecule has 1 unspecified atom stereocenters. The molecule has 0 spiro atoms. The normalized spacial score (nSPS) is 11.7. The number of halogens is 1. The van der Waals surface area contributed by atoms with Gasteiger partial charge in [0, 0.05) is 25.7 Å². The fourth-order valence-corrected chi connectivity index (χ4v) is 3.61. The predicted octanol–water partition coefficient (Wildman–Crippen LogP) is 2.91. The summed E-state index contributed by atoms with van der Waals surface area (Å²) >= 11 is 1.30. The number of amides is 1. The Kier molecular flexibility index (Phi) is 12.0. The van der Waals surface area contributed by atoms with Crippen LogP contribution in [-0.2, 0) is 4.74 Å². The molecule has 0 saturated carbocycles. The average Bonchev–Trinajstić information content (AvgIpc) is 3.17. The Balaban J connectivity index is 0.00000512. The number of thiazole rings is 1. The van der Waals surface area contributed by atoms with E-state index >= 15 is 0 Å². The first-order chi connectivity index (χ1) is 14.9. The molecular weight excluding hydrogens is 545 g/mol. The fraction of sp³-hybridized carbons (Fsp3) is 0.429. The van der Waals surface area contributed by atoms with Gasteiger partial charge in [0.2, 0.25) is 0 Å². The molecule has 0 saturated heterocycles. The van der Waals surface area contributed by atoms with Gasteiger partial charge in [-0.1, -0.05) is 0 Å². The van der Waals surface area contributed by atoms with Crippen LogP contribution in [0.5, 0.6) is 5.75 Å². The molecule has 11 heteroatoms. The molecule has 2 aromatic rings. The van der Waals surface area contributed by atoms with E-state index in [0.29, 0.717) is 47.5 Å². The Labute approximate surface area is 209 Å². The maximum absolute atomic E-state index is 12.2. The second-order valence-electron chi connectivity index (χ2n) is 6.54. The second-order valence-corrected chi connectivity index (χ2v) is 7.57. The molecule has 1 heterocycles. The minimum absolute atomic E-state index is 0. The first kappa shape index (κ1) is 27.6. The minimum atomic E-state index is -0.356. The van der Waals surface area contributed by atoms with Crippen molar-refractivity contribution in [1.29, 1.82) is 0 Å². The molecule has 9 nitrogen and oxygen atoms in total. The predicted molar refractivity (Wildman–Crippen MR) is 136 cm³/mol. The van der Waals surface area contributed by atoms with Crippen molar-refractivity contribution in [2.75, 3.05) is 33.9 Å². The van der Waals surface area contributed by atoms with Gasteiger partial charge in [-0.15, -0.1) is 35.3 Å². The molecule has 1 aromatic heterocycles. The van der Waals surface area contributed by atoms with Crippen LogP contribution in [-0.4, -0.2) is 56.7 Å². The van der Waals surface area contributed by atoms with Crippen LogP contribution in [0.25, 0.3) is 0 Å². The summed E-state index contributed by atoms with van der Waals surface area (Å²) in [7, 11) is 3.24. The molecule has 0 bridgehead atoms. The van der Waals surface area contributed by atoms with Crippen molar-refractivity contribution in [3.63, 3.8) is 0 Å². The quantitative estimate of drug-likeness (QED) is 0.139. The smallest absolute Gasteiger partial charge is 0.350 e. The van der Waals surface area contributed by atoms with Crippen molar-refractivity contribution in [3.05, 3.63) is 45.4 Å². The van der Waals surface area contributed by atoms with E-state index in [1.807, 2.05) is 6.92 Å². The Morgan fingerprint density at radius 2 is 1.84 bits per heavy atom. The van der Waals surface area contributed by atoms with Crippen LogP contribution >= 0.6 is 35.3 Å². The van der Waals surface area contributed by atoms with E-state index in [9.17, 15) is 9.59 Å². The number of nitrogens with zero attached hydrogens (tertiary/aromatic N) is 2. The third-order valence-corrected chi connectivity index (χ3v) is 5.60. The number of guanidine groups is 1. The highest BCUT2D eigenvalue weighted by atomic mass is 127. The first-order valence-corrected chi connectivity index (χ1v) is 10.7. The van der Waals surface area contributed by atoms with Gasteiger partial charge in [0.05, 0.1) is 25.5 Å². The number of benzene rings is 1. The van der Waals surface area contributed by atoms with E-state index < -0.39 is 0 Å². The number of esters is 1. The number of methoxy groups -OCH3 is 1. The van der Waals surface area contributed by atoms with Crippen molar-refractivity contribution in [3.8, 4) is 5.75 Å². The van der Waals surface area contributed by atoms with Crippen LogP contribution in [0.1, 0.15) is 50.6 Å². The lowest BCUT2D eigenvalue weighted by Crippen LogP contribution is -2.42. The zero-order valence-corrected chi connectivity index (χ0v) is 22.0. The van der Waals surface area contributed by atoms with Gasteiger partial charge in [0.25, 0.3) is 5.91 Å². The maximum Gasteiger partial charge on any atom is 0.350 e. The van der Waals surface area contributed by atoms with Gasteiger partial charge >= 0.3 is 5.97 Å². The van der Waals surface area contributed by atoms with Crippen molar-refractivity contribution in [2.24, 2.45) is 4.99 Å². The van der Waals surface area contributed by atoms with E-state index in [1.54, 1.807) is 52.3 Å². The third kappa shape index (κ3) is 7.93. The average molecular weight is 575 g/mol. The van der Waals surface area contributed by atoms with E-state index in [4.69, 9.17) is 9.47 Å². The highest BCUT2D eigenvalue weighted by molar-refractivity contribution is 14.0. The number of rotatable bonds is 9. The van der Waals surface area contributed by atoms with Crippen molar-refractivity contribution in [1.82, 2.24) is 20.9 Å². The van der Waals surface area contributed by atoms with Crippen molar-refractivity contribution in [2.45, 2.75) is 26.8 Å². The zero-order chi connectivity index (χ0) is 22.8. The van der Waals surface area contributed by atoms with E-state index in [2.05, 4.69) is 25.9 Å². The number of hydrogen-bond donors (Lipinski definition) is 3. The van der Waals surface area contributed by atoms with Gasteiger partial charge < -0.3 is 25.4 Å². The van der Waals surface area contributed by atoms with Crippen LogP contribution in [0.15, 0.2) is 29.3 Å². The summed E-state index contributed by atoms with van der Waals surface area (Å²) in [5, 5.41) is 9.99. The van der Waals surface area contributed by atoms with E-state index in [0.717, 1.165) is 5.01 Å². The number of aromatic nitrogens is 1. The van der Waals surface area contributed by atoms with Gasteiger partial charge in [0.1, 0.15) is 15.6 Å². The van der Waals surface area contributed by atoms with E-state index in [1.165, 1.54) is 11.3 Å². The molecule has 0 aliphatic heterocycles. The molecular formula is C21H30IN5O4S. The lowest BCUT2D eigenvalue weighted by Gasteiger charge is -2.16. The summed E-state index contributed by atoms with van der Waals surface area (Å²) in [6, 6.07) is 6.75. The van der Waals surface area contributed by atoms with Crippen LogP contribution < -0.4 is 20.7 Å². The topological polar surface area (TPSA) is 114 Å². The number of aryl methyl sites for hydroxylation is 1. The summed E-state index contributed by atoms with van der Waals surface area (Å²) in [5.41, 5.74) is 1.21. The number of aliphatic imine (C=N–C) groups is 1.